The third kappa shape index (κ3) is 3.09. The number of nitrogens with zero attached hydrogens (tertiary/aromatic N) is 1. The zero-order chi connectivity index (χ0) is 13.8. The van der Waals surface area contributed by atoms with Crippen LogP contribution in [0.4, 0.5) is 0 Å². The molecule has 1 aromatic rings. The lowest BCUT2D eigenvalue weighted by molar-refractivity contribution is -0.126. The number of aliphatic hydroxyl groups is 2. The molecule has 0 bridgehead atoms. The summed E-state index contributed by atoms with van der Waals surface area (Å²) in [7, 11) is 1.43. The second-order valence-electron chi connectivity index (χ2n) is 4.71. The van der Waals surface area contributed by atoms with Crippen LogP contribution in [0.25, 0.3) is 0 Å². The smallest absolute Gasteiger partial charge is 0.246 e. The minimum absolute atomic E-state index is 0.0704. The maximum Gasteiger partial charge on any atom is 0.246 e. The molecule has 1 aliphatic carbocycles. The maximum absolute atomic E-state index is 11.6. The maximum atomic E-state index is 11.6. The summed E-state index contributed by atoms with van der Waals surface area (Å²) in [6.07, 6.45) is 1.91. The van der Waals surface area contributed by atoms with E-state index in [1.165, 1.54) is 7.11 Å². The van der Waals surface area contributed by atoms with Crippen molar-refractivity contribution in [2.24, 2.45) is 0 Å². The number of hydrogen-bond acceptors (Lipinski definition) is 5. The summed E-state index contributed by atoms with van der Waals surface area (Å²) in [6, 6.07) is 3.14. The molecule has 104 valence electrons. The summed E-state index contributed by atoms with van der Waals surface area (Å²) in [6.45, 7) is -0.0704. The van der Waals surface area contributed by atoms with Gasteiger partial charge in [0, 0.05) is 25.4 Å². The Balaban J connectivity index is 2.14. The molecule has 4 atom stereocenters. The number of hydrogen-bond donors (Lipinski definition) is 3. The van der Waals surface area contributed by atoms with Crippen LogP contribution in [0.1, 0.15) is 17.9 Å². The van der Waals surface area contributed by atoms with Gasteiger partial charge in [-0.15, -0.1) is 0 Å². The van der Waals surface area contributed by atoms with Crippen molar-refractivity contribution in [3.05, 3.63) is 30.1 Å². The number of pyridine rings is 1. The monoisotopic (exact) mass is 266 g/mol. The van der Waals surface area contributed by atoms with E-state index < -0.39 is 18.2 Å². The van der Waals surface area contributed by atoms with E-state index >= 15 is 0 Å². The highest BCUT2D eigenvalue weighted by Crippen LogP contribution is 2.34. The van der Waals surface area contributed by atoms with E-state index in [0.717, 1.165) is 5.56 Å². The van der Waals surface area contributed by atoms with Crippen molar-refractivity contribution in [3.8, 4) is 0 Å². The van der Waals surface area contributed by atoms with Gasteiger partial charge in [-0.1, -0.05) is 6.07 Å². The first-order valence-corrected chi connectivity index (χ1v) is 6.18. The molecule has 0 saturated heterocycles. The lowest BCUT2D eigenvalue weighted by Crippen LogP contribution is -2.46. The van der Waals surface area contributed by atoms with Crippen LogP contribution >= 0.6 is 0 Å². The highest BCUT2D eigenvalue weighted by Gasteiger charge is 2.43. The second-order valence-corrected chi connectivity index (χ2v) is 4.71. The number of amides is 1. The number of methoxy groups -OCH3 is 1. The van der Waals surface area contributed by atoms with Gasteiger partial charge in [0.05, 0.1) is 12.1 Å². The number of nitrogens with one attached hydrogen (secondary N) is 1. The van der Waals surface area contributed by atoms with E-state index in [4.69, 9.17) is 4.74 Å². The van der Waals surface area contributed by atoms with Crippen LogP contribution in [0.15, 0.2) is 24.5 Å². The minimum Gasteiger partial charge on any atom is -0.390 e. The average Bonchev–Trinajstić information content (AvgIpc) is 2.68. The molecular weight excluding hydrogens is 248 g/mol. The van der Waals surface area contributed by atoms with Crippen LogP contribution in [0.5, 0.6) is 0 Å². The lowest BCUT2D eigenvalue weighted by Gasteiger charge is -2.23. The SMILES string of the molecule is COCC(=O)N[C@H]1[C@H](O)[C@H](O)C[C@@H]1c1cccnc1. The van der Waals surface area contributed by atoms with Crippen molar-refractivity contribution in [3.63, 3.8) is 0 Å². The Hall–Kier alpha value is -1.50. The number of aromatic nitrogens is 1. The van der Waals surface area contributed by atoms with Crippen LogP contribution in [-0.4, -0.2) is 53.1 Å². The molecule has 6 nitrogen and oxygen atoms in total. The second kappa shape index (κ2) is 6.10. The van der Waals surface area contributed by atoms with Gasteiger partial charge < -0.3 is 20.3 Å². The Kier molecular flexibility index (Phi) is 4.47. The first-order valence-electron chi connectivity index (χ1n) is 6.18. The van der Waals surface area contributed by atoms with Gasteiger partial charge in [-0.25, -0.2) is 0 Å². The fourth-order valence-electron chi connectivity index (χ4n) is 2.51. The third-order valence-electron chi connectivity index (χ3n) is 3.41. The van der Waals surface area contributed by atoms with Crippen molar-refractivity contribution in [2.45, 2.75) is 30.6 Å². The Morgan fingerprint density at radius 3 is 3.00 bits per heavy atom. The molecule has 1 aliphatic rings. The van der Waals surface area contributed by atoms with E-state index in [9.17, 15) is 15.0 Å². The molecule has 1 fully saturated rings. The van der Waals surface area contributed by atoms with Gasteiger partial charge >= 0.3 is 0 Å². The predicted octanol–water partition coefficient (Wildman–Crippen LogP) is -0.578. The van der Waals surface area contributed by atoms with E-state index in [0.29, 0.717) is 6.42 Å². The molecule has 0 aliphatic heterocycles. The largest absolute Gasteiger partial charge is 0.390 e. The molecule has 0 spiro atoms. The molecule has 1 saturated carbocycles. The fraction of sp³-hybridized carbons (Fsp3) is 0.538. The zero-order valence-electron chi connectivity index (χ0n) is 10.7. The van der Waals surface area contributed by atoms with E-state index in [2.05, 4.69) is 10.3 Å². The van der Waals surface area contributed by atoms with Crippen molar-refractivity contribution >= 4 is 5.91 Å². The van der Waals surface area contributed by atoms with E-state index in [1.54, 1.807) is 18.5 Å². The average molecular weight is 266 g/mol. The van der Waals surface area contributed by atoms with Crippen molar-refractivity contribution < 1.29 is 19.7 Å². The Labute approximate surface area is 111 Å². The van der Waals surface area contributed by atoms with E-state index in [-0.39, 0.29) is 18.4 Å². The molecule has 1 aromatic heterocycles. The number of carbonyl (C=O) groups is 1. The van der Waals surface area contributed by atoms with Crippen LogP contribution in [0.2, 0.25) is 0 Å². The summed E-state index contributed by atoms with van der Waals surface area (Å²) in [5, 5.41) is 22.5. The van der Waals surface area contributed by atoms with Crippen molar-refractivity contribution in [1.82, 2.24) is 10.3 Å². The zero-order valence-corrected chi connectivity index (χ0v) is 10.7. The summed E-state index contributed by atoms with van der Waals surface area (Å²) >= 11 is 0. The number of rotatable bonds is 4. The van der Waals surface area contributed by atoms with Crippen molar-refractivity contribution in [2.75, 3.05) is 13.7 Å². The summed E-state index contributed by atoms with van der Waals surface area (Å²) in [4.78, 5) is 15.6. The standard InChI is InChI=1S/C13H18N2O4/c1-19-7-11(17)15-12-9(5-10(16)13(12)18)8-3-2-4-14-6-8/h2-4,6,9-10,12-13,16,18H,5,7H2,1H3,(H,15,17)/t9-,10-,12-,13-/m1/s1. The molecule has 19 heavy (non-hydrogen) atoms. The molecule has 2 rings (SSSR count). The fourth-order valence-corrected chi connectivity index (χ4v) is 2.51. The normalized spacial score (nSPS) is 30.3. The molecule has 1 amide bonds. The van der Waals surface area contributed by atoms with Gasteiger partial charge in [-0.2, -0.15) is 0 Å². The van der Waals surface area contributed by atoms with Crippen LogP contribution in [-0.2, 0) is 9.53 Å². The van der Waals surface area contributed by atoms with Gasteiger partial charge in [0.2, 0.25) is 5.91 Å². The quantitative estimate of drug-likeness (QED) is 0.678. The minimum atomic E-state index is -0.981. The summed E-state index contributed by atoms with van der Waals surface area (Å²) < 4.78 is 4.75. The molecule has 0 unspecified atom stereocenters. The first-order chi connectivity index (χ1) is 9.13. The molecule has 3 N–H and O–H groups in total. The number of carbonyl (C=O) groups excluding carboxylic acids is 1. The van der Waals surface area contributed by atoms with Gasteiger partial charge in [0.1, 0.15) is 12.7 Å². The predicted molar refractivity (Wildman–Crippen MR) is 67.4 cm³/mol. The highest BCUT2D eigenvalue weighted by atomic mass is 16.5. The van der Waals surface area contributed by atoms with Gasteiger partial charge in [-0.3, -0.25) is 9.78 Å². The first kappa shape index (κ1) is 13.9. The lowest BCUT2D eigenvalue weighted by atomic mass is 9.95. The van der Waals surface area contributed by atoms with Gasteiger partial charge in [-0.05, 0) is 18.1 Å². The highest BCUT2D eigenvalue weighted by molar-refractivity contribution is 5.77. The van der Waals surface area contributed by atoms with Gasteiger partial charge in [0.25, 0.3) is 0 Å². The number of aliphatic hydroxyl groups excluding tert-OH is 2. The Morgan fingerprint density at radius 2 is 2.37 bits per heavy atom. The van der Waals surface area contributed by atoms with Crippen LogP contribution in [0, 0.1) is 0 Å². The Bertz CT molecular complexity index is 426. The molecule has 6 heteroatoms. The summed E-state index contributed by atoms with van der Waals surface area (Å²) in [5.41, 5.74) is 0.890. The Morgan fingerprint density at radius 1 is 1.58 bits per heavy atom. The summed E-state index contributed by atoms with van der Waals surface area (Å²) in [5.74, 6) is -0.464. The van der Waals surface area contributed by atoms with Crippen LogP contribution < -0.4 is 5.32 Å². The number of ether oxygens (including phenoxy) is 1. The molecule has 0 radical (unpaired) electrons. The molecule has 1 heterocycles. The van der Waals surface area contributed by atoms with Gasteiger partial charge in [0.15, 0.2) is 0 Å². The molecule has 0 aromatic carbocycles. The third-order valence-corrected chi connectivity index (χ3v) is 3.41. The van der Waals surface area contributed by atoms with E-state index in [1.807, 2.05) is 6.07 Å². The van der Waals surface area contributed by atoms with Crippen molar-refractivity contribution in [1.29, 1.82) is 0 Å². The topological polar surface area (TPSA) is 91.7 Å². The molecular formula is C13H18N2O4. The van der Waals surface area contributed by atoms with Crippen LogP contribution in [0.3, 0.4) is 0 Å².